The van der Waals surface area contributed by atoms with Gasteiger partial charge in [-0.2, -0.15) is 4.68 Å². The highest BCUT2D eigenvalue weighted by Gasteiger charge is 2.30. The molecule has 8 nitrogen and oxygen atoms in total. The average molecular weight is 532 g/mol. The number of anilines is 1. The number of carbonyl (C=O) groups is 1. The average Bonchev–Trinajstić information content (AvgIpc) is 3.36. The predicted octanol–water partition coefficient (Wildman–Crippen LogP) is 4.64. The number of aromatic nitrogens is 3. The quantitative estimate of drug-likeness (QED) is 0.330. The van der Waals surface area contributed by atoms with Crippen LogP contribution >= 0.6 is 0 Å². The summed E-state index contributed by atoms with van der Waals surface area (Å²) >= 11 is 0. The fourth-order valence-corrected chi connectivity index (χ4v) is 5.31. The molecule has 1 aliphatic rings. The number of hydrogen-bond donors (Lipinski definition) is 1. The van der Waals surface area contributed by atoms with Crippen LogP contribution in [0.4, 0.5) is 5.69 Å². The lowest BCUT2D eigenvalue weighted by molar-refractivity contribution is -0.143. The highest BCUT2D eigenvalue weighted by molar-refractivity contribution is 5.75. The molecule has 2 heterocycles. The van der Waals surface area contributed by atoms with Crippen LogP contribution in [0.1, 0.15) is 11.6 Å². The molecule has 0 radical (unpaired) electrons. The fourth-order valence-electron chi connectivity index (χ4n) is 5.31. The van der Waals surface area contributed by atoms with E-state index in [1.807, 2.05) is 120 Å². The Bertz CT molecular complexity index is 1640. The van der Waals surface area contributed by atoms with Crippen LogP contribution < -0.4 is 10.6 Å². The van der Waals surface area contributed by atoms with Crippen molar-refractivity contribution < 1.29 is 9.90 Å². The van der Waals surface area contributed by atoms with E-state index in [0.717, 1.165) is 22.5 Å². The monoisotopic (exact) mass is 531 g/mol. The molecule has 1 atom stereocenters. The smallest absolute Gasteiger partial charge is 0.355 e. The van der Waals surface area contributed by atoms with Gasteiger partial charge in [0.1, 0.15) is 6.04 Å². The predicted molar refractivity (Wildman–Crippen MR) is 155 cm³/mol. The molecule has 1 aromatic heterocycles. The second-order valence-corrected chi connectivity index (χ2v) is 9.75. The zero-order valence-electron chi connectivity index (χ0n) is 21.9. The SMILES string of the molecule is O=C(O)C(c1ccccc1)N1CCN(c2ccc(-n3c(-c4ccccc4)nn(-c4ccccc4)c3=O)cc2)CC1. The van der Waals surface area contributed by atoms with E-state index in [9.17, 15) is 14.7 Å². The van der Waals surface area contributed by atoms with Crippen molar-refractivity contribution in [2.45, 2.75) is 6.04 Å². The minimum Gasteiger partial charge on any atom is -0.480 e. The maximum Gasteiger partial charge on any atom is 0.355 e. The minimum atomic E-state index is -0.834. The van der Waals surface area contributed by atoms with E-state index < -0.39 is 12.0 Å². The van der Waals surface area contributed by atoms with Gasteiger partial charge < -0.3 is 10.0 Å². The van der Waals surface area contributed by atoms with Crippen molar-refractivity contribution in [2.75, 3.05) is 31.1 Å². The number of para-hydroxylation sites is 1. The molecule has 0 bridgehead atoms. The number of piperazine rings is 1. The maximum absolute atomic E-state index is 13.6. The van der Waals surface area contributed by atoms with Crippen molar-refractivity contribution in [3.05, 3.63) is 131 Å². The van der Waals surface area contributed by atoms with Crippen molar-refractivity contribution in [3.63, 3.8) is 0 Å². The summed E-state index contributed by atoms with van der Waals surface area (Å²) in [5.74, 6) is -0.267. The van der Waals surface area contributed by atoms with Crippen LogP contribution in [0.15, 0.2) is 120 Å². The summed E-state index contributed by atoms with van der Waals surface area (Å²) < 4.78 is 3.07. The molecule has 4 aromatic carbocycles. The molecule has 0 aliphatic carbocycles. The molecule has 5 aromatic rings. The third-order valence-electron chi connectivity index (χ3n) is 7.31. The molecule has 1 N–H and O–H groups in total. The highest BCUT2D eigenvalue weighted by Crippen LogP contribution is 2.26. The molecule has 1 saturated heterocycles. The van der Waals surface area contributed by atoms with Crippen LogP contribution in [0.3, 0.4) is 0 Å². The number of hydrogen-bond acceptors (Lipinski definition) is 5. The lowest BCUT2D eigenvalue weighted by atomic mass is 10.0. The first-order chi connectivity index (χ1) is 19.6. The van der Waals surface area contributed by atoms with Gasteiger partial charge in [-0.15, -0.1) is 5.10 Å². The van der Waals surface area contributed by atoms with Gasteiger partial charge in [0, 0.05) is 37.4 Å². The summed E-state index contributed by atoms with van der Waals surface area (Å²) in [6.45, 7) is 2.68. The third-order valence-corrected chi connectivity index (χ3v) is 7.31. The molecule has 0 saturated carbocycles. The molecule has 6 rings (SSSR count). The van der Waals surface area contributed by atoms with Crippen LogP contribution in [0, 0.1) is 0 Å². The van der Waals surface area contributed by atoms with Gasteiger partial charge in [0.2, 0.25) is 0 Å². The van der Waals surface area contributed by atoms with Crippen molar-refractivity contribution in [1.82, 2.24) is 19.2 Å². The van der Waals surface area contributed by atoms with Crippen LogP contribution in [0.2, 0.25) is 0 Å². The molecule has 0 spiro atoms. The first-order valence-corrected chi connectivity index (χ1v) is 13.3. The van der Waals surface area contributed by atoms with Crippen LogP contribution in [0.5, 0.6) is 0 Å². The summed E-state index contributed by atoms with van der Waals surface area (Å²) in [6.07, 6.45) is 0. The van der Waals surface area contributed by atoms with Crippen molar-refractivity contribution >= 4 is 11.7 Å². The van der Waals surface area contributed by atoms with Crippen molar-refractivity contribution in [1.29, 1.82) is 0 Å². The zero-order valence-corrected chi connectivity index (χ0v) is 21.9. The van der Waals surface area contributed by atoms with Crippen LogP contribution in [-0.4, -0.2) is 56.5 Å². The first kappa shape index (κ1) is 25.3. The van der Waals surface area contributed by atoms with Gasteiger partial charge in [-0.1, -0.05) is 78.9 Å². The van der Waals surface area contributed by atoms with E-state index in [-0.39, 0.29) is 5.69 Å². The van der Waals surface area contributed by atoms with Crippen molar-refractivity contribution in [2.24, 2.45) is 0 Å². The van der Waals surface area contributed by atoms with Crippen LogP contribution in [-0.2, 0) is 4.79 Å². The molecular weight excluding hydrogens is 502 g/mol. The van der Waals surface area contributed by atoms with E-state index in [2.05, 4.69) is 4.90 Å². The molecule has 1 aliphatic heterocycles. The molecule has 8 heteroatoms. The second-order valence-electron chi connectivity index (χ2n) is 9.75. The Kier molecular flexibility index (Phi) is 6.99. The van der Waals surface area contributed by atoms with Gasteiger partial charge in [-0.3, -0.25) is 9.69 Å². The Hall–Kier alpha value is -4.95. The van der Waals surface area contributed by atoms with Gasteiger partial charge in [0.05, 0.1) is 11.4 Å². The van der Waals surface area contributed by atoms with Crippen LogP contribution in [0.25, 0.3) is 22.8 Å². The summed E-state index contributed by atoms with van der Waals surface area (Å²) in [7, 11) is 0. The highest BCUT2D eigenvalue weighted by atomic mass is 16.4. The molecule has 1 fully saturated rings. The fraction of sp³-hybridized carbons (Fsp3) is 0.156. The Morgan fingerprint density at radius 2 is 1.23 bits per heavy atom. The summed E-state index contributed by atoms with van der Waals surface area (Å²) in [5.41, 5.74) is 3.85. The topological polar surface area (TPSA) is 83.6 Å². The zero-order chi connectivity index (χ0) is 27.5. The summed E-state index contributed by atoms with van der Waals surface area (Å²) in [5, 5.41) is 14.6. The van der Waals surface area contributed by atoms with E-state index in [4.69, 9.17) is 5.10 Å². The van der Waals surface area contributed by atoms with E-state index in [1.165, 1.54) is 4.68 Å². The number of benzene rings is 4. The van der Waals surface area contributed by atoms with Gasteiger partial charge in [-0.05, 0) is 42.0 Å². The molecular formula is C32H29N5O3. The Morgan fingerprint density at radius 1 is 0.675 bits per heavy atom. The lowest BCUT2D eigenvalue weighted by Crippen LogP contribution is -2.49. The largest absolute Gasteiger partial charge is 0.480 e. The number of rotatable bonds is 7. The minimum absolute atomic E-state index is 0.243. The first-order valence-electron chi connectivity index (χ1n) is 13.3. The number of carboxylic acids is 1. The Labute approximate surface area is 232 Å². The lowest BCUT2D eigenvalue weighted by Gasteiger charge is -2.39. The summed E-state index contributed by atoms with van der Waals surface area (Å²) in [4.78, 5) is 30.0. The van der Waals surface area contributed by atoms with E-state index in [1.54, 1.807) is 4.57 Å². The molecule has 40 heavy (non-hydrogen) atoms. The van der Waals surface area contributed by atoms with E-state index >= 15 is 0 Å². The standard InChI is InChI=1S/C32H29N5O3/c38-31(39)29(24-10-4-1-5-11-24)35-22-20-34(21-23-35)26-16-18-27(19-17-26)36-30(25-12-6-2-7-13-25)33-37(32(36)40)28-14-8-3-9-15-28/h1-19,29H,20-23H2,(H,38,39). The summed E-state index contributed by atoms with van der Waals surface area (Å²) in [6, 6.07) is 35.7. The molecule has 200 valence electrons. The van der Waals surface area contributed by atoms with Crippen molar-refractivity contribution in [3.8, 4) is 22.8 Å². The van der Waals surface area contributed by atoms with Gasteiger partial charge >= 0.3 is 11.7 Å². The normalized spacial score (nSPS) is 14.7. The molecule has 0 amide bonds. The maximum atomic E-state index is 13.6. The Balaban J connectivity index is 1.26. The number of nitrogens with zero attached hydrogens (tertiary/aromatic N) is 5. The van der Waals surface area contributed by atoms with E-state index in [0.29, 0.717) is 37.7 Å². The van der Waals surface area contributed by atoms with Gasteiger partial charge in [0.25, 0.3) is 0 Å². The Morgan fingerprint density at radius 3 is 1.82 bits per heavy atom. The van der Waals surface area contributed by atoms with Gasteiger partial charge in [-0.25, -0.2) is 9.36 Å². The third kappa shape index (κ3) is 4.92. The number of carboxylic acid groups (broad SMARTS) is 1. The van der Waals surface area contributed by atoms with Gasteiger partial charge in [0.15, 0.2) is 5.82 Å². The second kappa shape index (κ2) is 11.0. The molecule has 1 unspecified atom stereocenters. The number of aliphatic carboxylic acids is 1.